The predicted molar refractivity (Wildman–Crippen MR) is 75.1 cm³/mol. The molecule has 10 heteroatoms. The second-order valence-electron chi connectivity index (χ2n) is 4.39. The average molecular weight is 342 g/mol. The standard InChI is InChI=1S/C13H9F3N4O2S/c1-2-22-10(21)8-6-4-3-5-7(8)9-19-20-11(13(14,15)16)17-18-12(20)23-9/h3-6H,2H2,1H3. The van der Waals surface area contributed by atoms with E-state index < -0.39 is 18.0 Å². The SMILES string of the molecule is CCOC(=O)c1ccccc1-c1nn2c(C(F)(F)F)nnc2s1. The first-order valence-corrected chi connectivity index (χ1v) is 7.29. The van der Waals surface area contributed by atoms with Gasteiger partial charge in [-0.2, -0.15) is 22.8 Å². The zero-order valence-corrected chi connectivity index (χ0v) is 12.5. The molecular weight excluding hydrogens is 333 g/mol. The molecule has 1 aromatic carbocycles. The van der Waals surface area contributed by atoms with E-state index >= 15 is 0 Å². The maximum Gasteiger partial charge on any atom is 0.453 e. The third kappa shape index (κ3) is 2.77. The van der Waals surface area contributed by atoms with Gasteiger partial charge in [-0.25, -0.2) is 4.79 Å². The molecular formula is C13H9F3N4O2S. The van der Waals surface area contributed by atoms with Crippen LogP contribution in [0.25, 0.3) is 15.5 Å². The Bertz CT molecular complexity index is 872. The van der Waals surface area contributed by atoms with Gasteiger partial charge in [-0.05, 0) is 13.0 Å². The summed E-state index contributed by atoms with van der Waals surface area (Å²) in [4.78, 5) is 11.9. The van der Waals surface area contributed by atoms with E-state index in [1.165, 1.54) is 6.07 Å². The minimum Gasteiger partial charge on any atom is -0.462 e. The van der Waals surface area contributed by atoms with E-state index in [1.807, 2.05) is 0 Å². The van der Waals surface area contributed by atoms with Crippen LogP contribution in [-0.2, 0) is 10.9 Å². The fourth-order valence-corrected chi connectivity index (χ4v) is 2.84. The van der Waals surface area contributed by atoms with E-state index in [2.05, 4.69) is 15.3 Å². The van der Waals surface area contributed by atoms with E-state index in [0.29, 0.717) is 10.1 Å². The van der Waals surface area contributed by atoms with E-state index in [1.54, 1.807) is 25.1 Å². The number of rotatable bonds is 3. The molecule has 0 spiro atoms. The Labute approximate surface area is 131 Å². The van der Waals surface area contributed by atoms with Crippen LogP contribution in [0.5, 0.6) is 0 Å². The molecule has 0 fully saturated rings. The summed E-state index contributed by atoms with van der Waals surface area (Å²) >= 11 is 0.907. The van der Waals surface area contributed by atoms with Crippen LogP contribution in [0.1, 0.15) is 23.1 Å². The Kier molecular flexibility index (Phi) is 3.76. The van der Waals surface area contributed by atoms with Crippen molar-refractivity contribution >= 4 is 22.3 Å². The normalized spacial score (nSPS) is 11.8. The monoisotopic (exact) mass is 342 g/mol. The molecule has 0 saturated heterocycles. The lowest BCUT2D eigenvalue weighted by atomic mass is 10.1. The molecule has 3 rings (SSSR count). The van der Waals surface area contributed by atoms with Crippen molar-refractivity contribution in [2.75, 3.05) is 6.61 Å². The number of aromatic nitrogens is 4. The summed E-state index contributed by atoms with van der Waals surface area (Å²) in [5.41, 5.74) is 0.613. The summed E-state index contributed by atoms with van der Waals surface area (Å²) in [6, 6.07) is 6.41. The molecule has 0 aliphatic carbocycles. The van der Waals surface area contributed by atoms with Gasteiger partial charge in [0, 0.05) is 5.56 Å². The van der Waals surface area contributed by atoms with Crippen LogP contribution in [0, 0.1) is 0 Å². The topological polar surface area (TPSA) is 69.4 Å². The number of fused-ring (bicyclic) bond motifs is 1. The van der Waals surface area contributed by atoms with Crippen LogP contribution in [0.3, 0.4) is 0 Å². The number of halogens is 3. The number of esters is 1. The maximum absolute atomic E-state index is 12.8. The van der Waals surface area contributed by atoms with Gasteiger partial charge in [-0.15, -0.1) is 10.2 Å². The van der Waals surface area contributed by atoms with Gasteiger partial charge in [0.05, 0.1) is 12.2 Å². The quantitative estimate of drug-likeness (QED) is 0.684. The number of nitrogens with zero attached hydrogens (tertiary/aromatic N) is 4. The maximum atomic E-state index is 12.8. The summed E-state index contributed by atoms with van der Waals surface area (Å²) in [6.45, 7) is 1.86. The fraction of sp³-hybridized carbons (Fsp3) is 0.231. The van der Waals surface area contributed by atoms with Gasteiger partial charge < -0.3 is 4.74 Å². The van der Waals surface area contributed by atoms with E-state index in [9.17, 15) is 18.0 Å². The summed E-state index contributed by atoms with van der Waals surface area (Å²) in [5, 5.41) is 10.7. The van der Waals surface area contributed by atoms with Crippen LogP contribution in [0.2, 0.25) is 0 Å². The minimum absolute atomic E-state index is 0.00835. The zero-order chi connectivity index (χ0) is 16.6. The number of carbonyl (C=O) groups is 1. The Morgan fingerprint density at radius 2 is 2.04 bits per heavy atom. The van der Waals surface area contributed by atoms with Crippen LogP contribution in [0.4, 0.5) is 13.2 Å². The van der Waals surface area contributed by atoms with Crippen molar-refractivity contribution in [3.8, 4) is 10.6 Å². The summed E-state index contributed by atoms with van der Waals surface area (Å²) in [5.74, 6) is -1.77. The van der Waals surface area contributed by atoms with Crippen molar-refractivity contribution in [3.05, 3.63) is 35.7 Å². The molecule has 3 aromatic rings. The first-order valence-electron chi connectivity index (χ1n) is 6.47. The molecule has 0 bridgehead atoms. The van der Waals surface area contributed by atoms with Gasteiger partial charge in [0.2, 0.25) is 4.96 Å². The molecule has 0 atom stereocenters. The van der Waals surface area contributed by atoms with Crippen molar-refractivity contribution < 1.29 is 22.7 Å². The van der Waals surface area contributed by atoms with Crippen molar-refractivity contribution in [3.63, 3.8) is 0 Å². The summed E-state index contributed by atoms with van der Waals surface area (Å²) < 4.78 is 44.1. The number of alkyl halides is 3. The molecule has 0 radical (unpaired) electrons. The van der Waals surface area contributed by atoms with Gasteiger partial charge in [-0.3, -0.25) is 0 Å². The van der Waals surface area contributed by atoms with E-state index in [-0.39, 0.29) is 22.1 Å². The Hall–Kier alpha value is -2.49. The van der Waals surface area contributed by atoms with Crippen LogP contribution in [-0.4, -0.2) is 32.4 Å². The molecule has 0 N–H and O–H groups in total. The molecule has 120 valence electrons. The first-order chi connectivity index (χ1) is 10.9. The second kappa shape index (κ2) is 5.61. The molecule has 0 aliphatic rings. The Balaban J connectivity index is 2.11. The minimum atomic E-state index is -4.66. The largest absolute Gasteiger partial charge is 0.462 e. The molecule has 0 saturated carbocycles. The van der Waals surface area contributed by atoms with Gasteiger partial charge in [0.1, 0.15) is 5.01 Å². The van der Waals surface area contributed by atoms with Crippen molar-refractivity contribution in [2.45, 2.75) is 13.1 Å². The van der Waals surface area contributed by atoms with Gasteiger partial charge >= 0.3 is 12.1 Å². The number of hydrogen-bond donors (Lipinski definition) is 0. The van der Waals surface area contributed by atoms with Crippen LogP contribution < -0.4 is 0 Å². The highest BCUT2D eigenvalue weighted by Crippen LogP contribution is 2.33. The highest BCUT2D eigenvalue weighted by Gasteiger charge is 2.38. The fourth-order valence-electron chi connectivity index (χ4n) is 1.96. The van der Waals surface area contributed by atoms with E-state index in [0.717, 1.165) is 11.3 Å². The average Bonchev–Trinajstić information content (AvgIpc) is 3.06. The number of benzene rings is 1. The molecule has 6 nitrogen and oxygen atoms in total. The molecule has 0 aliphatic heterocycles. The van der Waals surface area contributed by atoms with Crippen molar-refractivity contribution in [1.82, 2.24) is 19.8 Å². The lowest BCUT2D eigenvalue weighted by Gasteiger charge is -2.05. The number of hydrogen-bond acceptors (Lipinski definition) is 6. The highest BCUT2D eigenvalue weighted by atomic mass is 32.1. The Morgan fingerprint density at radius 1 is 1.30 bits per heavy atom. The zero-order valence-electron chi connectivity index (χ0n) is 11.7. The Morgan fingerprint density at radius 3 is 2.74 bits per heavy atom. The third-order valence-electron chi connectivity index (χ3n) is 2.90. The first kappa shape index (κ1) is 15.4. The third-order valence-corrected chi connectivity index (χ3v) is 3.83. The lowest BCUT2D eigenvalue weighted by molar-refractivity contribution is -0.146. The molecule has 2 aromatic heterocycles. The molecule has 0 unspecified atom stereocenters. The van der Waals surface area contributed by atoms with Crippen molar-refractivity contribution in [2.24, 2.45) is 0 Å². The van der Waals surface area contributed by atoms with Crippen LogP contribution in [0.15, 0.2) is 24.3 Å². The lowest BCUT2D eigenvalue weighted by Crippen LogP contribution is -2.11. The van der Waals surface area contributed by atoms with Crippen LogP contribution >= 0.6 is 11.3 Å². The molecule has 23 heavy (non-hydrogen) atoms. The highest BCUT2D eigenvalue weighted by molar-refractivity contribution is 7.19. The summed E-state index contributed by atoms with van der Waals surface area (Å²) in [7, 11) is 0. The van der Waals surface area contributed by atoms with Crippen molar-refractivity contribution in [1.29, 1.82) is 0 Å². The predicted octanol–water partition coefficient (Wildman–Crippen LogP) is 3.05. The van der Waals surface area contributed by atoms with E-state index in [4.69, 9.17) is 4.74 Å². The van der Waals surface area contributed by atoms with Gasteiger partial charge in [-0.1, -0.05) is 29.5 Å². The van der Waals surface area contributed by atoms with Gasteiger partial charge in [0.25, 0.3) is 5.82 Å². The second-order valence-corrected chi connectivity index (χ2v) is 5.34. The smallest absolute Gasteiger partial charge is 0.453 e. The number of carbonyl (C=O) groups excluding carboxylic acids is 1. The molecule has 2 heterocycles. The molecule has 0 amide bonds. The summed E-state index contributed by atoms with van der Waals surface area (Å²) in [6.07, 6.45) is -4.66. The van der Waals surface area contributed by atoms with Gasteiger partial charge in [0.15, 0.2) is 0 Å². The number of ether oxygens (including phenoxy) is 1.